The van der Waals surface area contributed by atoms with Gasteiger partial charge in [-0.2, -0.15) is 0 Å². The third kappa shape index (κ3) is 2.82. The van der Waals surface area contributed by atoms with Gasteiger partial charge < -0.3 is 4.90 Å². The fourth-order valence-electron chi connectivity index (χ4n) is 4.11. The Bertz CT molecular complexity index is 878. The number of thiophene rings is 1. The topological polar surface area (TPSA) is 27.1 Å². The van der Waals surface area contributed by atoms with Crippen LogP contribution < -0.4 is 4.90 Å². The number of hydrogen-bond acceptors (Lipinski definition) is 2. The van der Waals surface area contributed by atoms with E-state index in [0.717, 1.165) is 44.2 Å². The minimum atomic E-state index is -0.164. The second-order valence-electron chi connectivity index (χ2n) is 6.97. The van der Waals surface area contributed by atoms with Gasteiger partial charge in [0.1, 0.15) is 10.8 Å². The van der Waals surface area contributed by atoms with E-state index in [1.54, 1.807) is 23.5 Å². The van der Waals surface area contributed by atoms with E-state index in [0.29, 0.717) is 5.84 Å². The molecule has 130 valence electrons. The van der Waals surface area contributed by atoms with Crippen molar-refractivity contribution in [1.29, 1.82) is 5.41 Å². The number of rotatable bonds is 1. The average molecular weight is 354 g/mol. The van der Waals surface area contributed by atoms with Crippen molar-refractivity contribution in [3.8, 4) is 0 Å². The molecule has 1 aromatic heterocycles. The highest BCUT2D eigenvalue weighted by atomic mass is 32.1. The number of anilines is 1. The number of amidine groups is 1. The van der Waals surface area contributed by atoms with Crippen molar-refractivity contribution in [2.75, 3.05) is 11.4 Å². The highest BCUT2D eigenvalue weighted by Crippen LogP contribution is 2.45. The van der Waals surface area contributed by atoms with Gasteiger partial charge in [-0.15, -0.1) is 11.3 Å². The summed E-state index contributed by atoms with van der Waals surface area (Å²) in [6, 6.07) is 5.20. The van der Waals surface area contributed by atoms with Crippen LogP contribution in [0.15, 0.2) is 24.3 Å². The molecule has 0 spiro atoms. The van der Waals surface area contributed by atoms with Crippen molar-refractivity contribution < 1.29 is 4.39 Å². The first kappa shape index (κ1) is 16.5. The molecule has 4 heteroatoms. The minimum absolute atomic E-state index is 0.164. The Morgan fingerprint density at radius 3 is 2.88 bits per heavy atom. The van der Waals surface area contributed by atoms with Gasteiger partial charge in [0.25, 0.3) is 0 Å². The Morgan fingerprint density at radius 1 is 1.24 bits per heavy atom. The van der Waals surface area contributed by atoms with Gasteiger partial charge in [-0.05, 0) is 80.3 Å². The van der Waals surface area contributed by atoms with Gasteiger partial charge in [0.05, 0.1) is 5.84 Å². The standard InChI is InChI=1S/C21H23FN2S/c1-13-20(17-8-5-6-15-9-10-16(22)12-19(15)17)18-7-3-4-11-24(14(2)23)21(18)25-13/h8-10,12,23H,3-7,11H2,1-2H3. The molecule has 2 aromatic rings. The number of halogens is 1. The lowest BCUT2D eigenvalue weighted by Gasteiger charge is -2.22. The molecule has 2 heterocycles. The second-order valence-corrected chi connectivity index (χ2v) is 8.17. The van der Waals surface area contributed by atoms with E-state index in [4.69, 9.17) is 5.41 Å². The number of nitrogens with one attached hydrogen (secondary N) is 1. The minimum Gasteiger partial charge on any atom is -0.322 e. The van der Waals surface area contributed by atoms with Crippen molar-refractivity contribution in [1.82, 2.24) is 0 Å². The zero-order chi connectivity index (χ0) is 17.6. The second kappa shape index (κ2) is 6.41. The summed E-state index contributed by atoms with van der Waals surface area (Å²) in [5.74, 6) is 0.447. The lowest BCUT2D eigenvalue weighted by Crippen LogP contribution is -2.27. The van der Waals surface area contributed by atoms with Crippen molar-refractivity contribution in [3.63, 3.8) is 0 Å². The lowest BCUT2D eigenvalue weighted by atomic mass is 9.85. The van der Waals surface area contributed by atoms with Crippen LogP contribution in [-0.4, -0.2) is 12.4 Å². The smallest absolute Gasteiger partial charge is 0.123 e. The predicted molar refractivity (Wildman–Crippen MR) is 105 cm³/mol. The van der Waals surface area contributed by atoms with E-state index in [1.807, 2.05) is 13.0 Å². The summed E-state index contributed by atoms with van der Waals surface area (Å²) in [5, 5.41) is 9.38. The van der Waals surface area contributed by atoms with Crippen LogP contribution in [-0.2, 0) is 12.8 Å². The molecule has 0 fully saturated rings. The number of hydrogen-bond donors (Lipinski definition) is 1. The van der Waals surface area contributed by atoms with Gasteiger partial charge in [-0.25, -0.2) is 4.39 Å². The largest absolute Gasteiger partial charge is 0.322 e. The summed E-state index contributed by atoms with van der Waals surface area (Å²) in [4.78, 5) is 3.43. The Kier molecular flexibility index (Phi) is 4.24. The first-order valence-electron chi connectivity index (χ1n) is 9.00. The molecule has 1 aromatic carbocycles. The van der Waals surface area contributed by atoms with Crippen LogP contribution in [0.3, 0.4) is 0 Å². The molecule has 2 aliphatic rings. The summed E-state index contributed by atoms with van der Waals surface area (Å²) >= 11 is 1.79. The predicted octanol–water partition coefficient (Wildman–Crippen LogP) is 5.71. The summed E-state index contributed by atoms with van der Waals surface area (Å²) in [5.41, 5.74) is 6.14. The summed E-state index contributed by atoms with van der Waals surface area (Å²) < 4.78 is 13.9. The van der Waals surface area contributed by atoms with Crippen molar-refractivity contribution in [2.45, 2.75) is 46.0 Å². The van der Waals surface area contributed by atoms with Crippen molar-refractivity contribution >= 4 is 27.7 Å². The fraction of sp³-hybridized carbons (Fsp3) is 0.381. The Balaban J connectivity index is 1.89. The highest BCUT2D eigenvalue weighted by Gasteiger charge is 2.27. The summed E-state index contributed by atoms with van der Waals surface area (Å²) in [6.07, 6.45) is 7.57. The van der Waals surface area contributed by atoms with Crippen LogP contribution in [0.2, 0.25) is 0 Å². The fourth-order valence-corrected chi connectivity index (χ4v) is 5.40. The van der Waals surface area contributed by atoms with Crippen LogP contribution in [0.5, 0.6) is 0 Å². The molecule has 25 heavy (non-hydrogen) atoms. The first-order chi connectivity index (χ1) is 12.1. The maximum Gasteiger partial charge on any atom is 0.123 e. The number of benzene rings is 1. The molecule has 1 aliphatic heterocycles. The molecule has 2 nitrogen and oxygen atoms in total. The first-order valence-corrected chi connectivity index (χ1v) is 9.82. The van der Waals surface area contributed by atoms with Gasteiger partial charge in [-0.3, -0.25) is 5.41 Å². The molecular formula is C21H23FN2S. The normalized spacial score (nSPS) is 16.8. The maximum atomic E-state index is 13.9. The van der Waals surface area contributed by atoms with Crippen LogP contribution in [0.25, 0.3) is 5.57 Å². The molecular weight excluding hydrogens is 331 g/mol. The summed E-state index contributed by atoms with van der Waals surface area (Å²) in [6.45, 7) is 4.96. The Morgan fingerprint density at radius 2 is 2.08 bits per heavy atom. The molecule has 0 saturated carbocycles. The molecule has 0 unspecified atom stereocenters. The van der Waals surface area contributed by atoms with E-state index in [9.17, 15) is 4.39 Å². The molecule has 0 radical (unpaired) electrons. The highest BCUT2D eigenvalue weighted by molar-refractivity contribution is 7.16. The van der Waals surface area contributed by atoms with Crippen LogP contribution in [0.1, 0.15) is 53.3 Å². The van der Waals surface area contributed by atoms with Gasteiger partial charge in [0.15, 0.2) is 0 Å². The number of fused-ring (bicyclic) bond motifs is 2. The van der Waals surface area contributed by atoms with Crippen molar-refractivity contribution in [2.24, 2.45) is 0 Å². The van der Waals surface area contributed by atoms with Crippen LogP contribution in [0, 0.1) is 18.2 Å². The van der Waals surface area contributed by atoms with Crippen molar-refractivity contribution in [3.05, 3.63) is 57.2 Å². The van der Waals surface area contributed by atoms with Crippen LogP contribution in [0.4, 0.5) is 9.39 Å². The van der Waals surface area contributed by atoms with E-state index in [-0.39, 0.29) is 5.82 Å². The molecule has 0 saturated heterocycles. The molecule has 0 amide bonds. The van der Waals surface area contributed by atoms with Gasteiger partial charge in [0.2, 0.25) is 0 Å². The number of aryl methyl sites for hydroxylation is 2. The van der Waals surface area contributed by atoms with Gasteiger partial charge >= 0.3 is 0 Å². The molecule has 1 N–H and O–H groups in total. The molecule has 4 rings (SSSR count). The van der Waals surface area contributed by atoms with E-state index >= 15 is 0 Å². The van der Waals surface area contributed by atoms with Gasteiger partial charge in [-0.1, -0.05) is 12.1 Å². The van der Waals surface area contributed by atoms with Crippen LogP contribution >= 0.6 is 11.3 Å². The zero-order valence-corrected chi connectivity index (χ0v) is 15.6. The number of allylic oxidation sites excluding steroid dienone is 1. The monoisotopic (exact) mass is 354 g/mol. The van der Waals surface area contributed by atoms with Gasteiger partial charge in [0, 0.05) is 17.0 Å². The van der Waals surface area contributed by atoms with E-state index < -0.39 is 0 Å². The Labute approximate surface area is 152 Å². The Hall–Kier alpha value is -1.94. The van der Waals surface area contributed by atoms with E-state index in [2.05, 4.69) is 17.9 Å². The average Bonchev–Trinajstić information content (AvgIpc) is 2.76. The lowest BCUT2D eigenvalue weighted by molar-refractivity contribution is 0.626. The maximum absolute atomic E-state index is 13.9. The molecule has 0 bridgehead atoms. The SMILES string of the molecule is CC(=N)N1CCCCc2c1sc(C)c2C1=CCCc2ccc(F)cc21. The quantitative estimate of drug-likeness (QED) is 0.515. The molecule has 1 aliphatic carbocycles. The summed E-state index contributed by atoms with van der Waals surface area (Å²) in [7, 11) is 0. The third-order valence-electron chi connectivity index (χ3n) is 5.26. The third-order valence-corrected chi connectivity index (χ3v) is 6.43. The number of nitrogens with zero attached hydrogens (tertiary/aromatic N) is 1. The molecule has 0 atom stereocenters. The zero-order valence-electron chi connectivity index (χ0n) is 14.8. The van der Waals surface area contributed by atoms with E-state index in [1.165, 1.54) is 32.1 Å².